The van der Waals surface area contributed by atoms with Crippen LogP contribution in [-0.4, -0.2) is 30.8 Å². The molecule has 0 bridgehead atoms. The second-order valence-electron chi connectivity index (χ2n) is 6.48. The number of hydrogen-bond donors (Lipinski definition) is 1. The Labute approximate surface area is 127 Å². The number of rotatable bonds is 6. The zero-order chi connectivity index (χ0) is 14.6. The zero-order valence-corrected chi connectivity index (χ0v) is 13.9. The van der Waals surface area contributed by atoms with Gasteiger partial charge >= 0.3 is 0 Å². The van der Waals surface area contributed by atoms with Crippen LogP contribution in [0.2, 0.25) is 0 Å². The van der Waals surface area contributed by atoms with Gasteiger partial charge in [0.15, 0.2) is 0 Å². The lowest BCUT2D eigenvalue weighted by Crippen LogP contribution is -2.32. The predicted octanol–water partition coefficient (Wildman–Crippen LogP) is 3.77. The summed E-state index contributed by atoms with van der Waals surface area (Å²) in [5.41, 5.74) is 3.02. The van der Waals surface area contributed by atoms with Gasteiger partial charge in [-0.15, -0.1) is 0 Å². The van der Waals surface area contributed by atoms with Crippen molar-refractivity contribution in [1.82, 2.24) is 5.32 Å². The van der Waals surface area contributed by atoms with Crippen molar-refractivity contribution >= 4 is 11.8 Å². The summed E-state index contributed by atoms with van der Waals surface area (Å²) in [6.45, 7) is 11.8. The molecule has 1 aliphatic rings. The first-order chi connectivity index (χ1) is 9.50. The first-order valence-electron chi connectivity index (χ1n) is 7.54. The van der Waals surface area contributed by atoms with E-state index in [1.165, 1.54) is 11.1 Å². The maximum Gasteiger partial charge on any atom is 0.0607 e. The van der Waals surface area contributed by atoms with Crippen molar-refractivity contribution in [3.63, 3.8) is 0 Å². The Morgan fingerprint density at radius 2 is 1.90 bits per heavy atom. The summed E-state index contributed by atoms with van der Waals surface area (Å²) < 4.78 is 5.24. The number of thioether (sulfide) groups is 1. The van der Waals surface area contributed by atoms with Crippen molar-refractivity contribution in [1.29, 1.82) is 0 Å². The van der Waals surface area contributed by atoms with E-state index in [1.807, 2.05) is 11.8 Å². The SMILES string of the molecule is CCNC(CSC1COC1)c1ccc(C(C)(C)C)cc1. The highest BCUT2D eigenvalue weighted by Gasteiger charge is 2.21. The normalized spacial score (nSPS) is 17.8. The molecule has 2 rings (SSSR count). The van der Waals surface area contributed by atoms with E-state index in [4.69, 9.17) is 4.74 Å². The lowest BCUT2D eigenvalue weighted by molar-refractivity contribution is 0.0455. The average Bonchev–Trinajstić information content (AvgIpc) is 2.35. The Hall–Kier alpha value is -0.510. The second-order valence-corrected chi connectivity index (χ2v) is 7.81. The molecule has 20 heavy (non-hydrogen) atoms. The average molecular weight is 293 g/mol. The molecular weight excluding hydrogens is 266 g/mol. The van der Waals surface area contributed by atoms with Crippen LogP contribution in [0.15, 0.2) is 24.3 Å². The van der Waals surface area contributed by atoms with Gasteiger partial charge in [0.2, 0.25) is 0 Å². The van der Waals surface area contributed by atoms with Gasteiger partial charge in [0, 0.05) is 11.8 Å². The van der Waals surface area contributed by atoms with E-state index in [0.717, 1.165) is 25.5 Å². The molecule has 3 heteroatoms. The van der Waals surface area contributed by atoms with Crippen LogP contribution in [0.1, 0.15) is 44.9 Å². The Bertz CT molecular complexity index is 406. The molecule has 1 atom stereocenters. The van der Waals surface area contributed by atoms with Crippen molar-refractivity contribution in [2.24, 2.45) is 0 Å². The molecule has 1 aliphatic heterocycles. The van der Waals surface area contributed by atoms with Gasteiger partial charge in [-0.2, -0.15) is 11.8 Å². The molecule has 0 spiro atoms. The first-order valence-corrected chi connectivity index (χ1v) is 8.58. The van der Waals surface area contributed by atoms with E-state index in [2.05, 4.69) is 57.3 Å². The number of nitrogens with one attached hydrogen (secondary N) is 1. The predicted molar refractivity (Wildman–Crippen MR) is 88.6 cm³/mol. The molecule has 2 nitrogen and oxygen atoms in total. The highest BCUT2D eigenvalue weighted by Crippen LogP contribution is 2.27. The number of benzene rings is 1. The summed E-state index contributed by atoms with van der Waals surface area (Å²) >= 11 is 2.03. The fourth-order valence-corrected chi connectivity index (χ4v) is 3.44. The monoisotopic (exact) mass is 293 g/mol. The highest BCUT2D eigenvalue weighted by atomic mass is 32.2. The van der Waals surface area contributed by atoms with Gasteiger partial charge < -0.3 is 10.1 Å². The van der Waals surface area contributed by atoms with Gasteiger partial charge in [-0.3, -0.25) is 0 Å². The molecule has 0 saturated carbocycles. The molecule has 1 unspecified atom stereocenters. The summed E-state index contributed by atoms with van der Waals surface area (Å²) in [5.74, 6) is 1.12. The van der Waals surface area contributed by atoms with E-state index in [0.29, 0.717) is 11.3 Å². The van der Waals surface area contributed by atoms with Crippen LogP contribution in [0.4, 0.5) is 0 Å². The third kappa shape index (κ3) is 4.24. The van der Waals surface area contributed by atoms with E-state index in [9.17, 15) is 0 Å². The molecule has 112 valence electrons. The molecule has 1 aromatic carbocycles. The summed E-state index contributed by atoms with van der Waals surface area (Å²) in [4.78, 5) is 0. The minimum absolute atomic E-state index is 0.226. The molecule has 1 saturated heterocycles. The smallest absolute Gasteiger partial charge is 0.0607 e. The molecule has 1 aromatic rings. The van der Waals surface area contributed by atoms with E-state index in [-0.39, 0.29) is 5.41 Å². The largest absolute Gasteiger partial charge is 0.379 e. The van der Waals surface area contributed by atoms with E-state index in [1.54, 1.807) is 0 Å². The Kier molecular flexibility index (Phi) is 5.53. The van der Waals surface area contributed by atoms with Crippen LogP contribution in [-0.2, 0) is 10.2 Å². The number of hydrogen-bond acceptors (Lipinski definition) is 3. The summed E-state index contributed by atoms with van der Waals surface area (Å²) in [5, 5.41) is 4.30. The molecular formula is C17H27NOS. The Balaban J connectivity index is 2.00. The molecule has 1 N–H and O–H groups in total. The summed E-state index contributed by atoms with van der Waals surface area (Å²) in [7, 11) is 0. The van der Waals surface area contributed by atoms with Gasteiger partial charge in [0.05, 0.1) is 18.5 Å². The lowest BCUT2D eigenvalue weighted by atomic mass is 9.86. The van der Waals surface area contributed by atoms with Gasteiger partial charge in [0.1, 0.15) is 0 Å². The fourth-order valence-electron chi connectivity index (χ4n) is 2.28. The molecule has 0 amide bonds. The van der Waals surface area contributed by atoms with E-state index >= 15 is 0 Å². The summed E-state index contributed by atoms with van der Waals surface area (Å²) in [6.07, 6.45) is 0. The fraction of sp³-hybridized carbons (Fsp3) is 0.647. The third-order valence-electron chi connectivity index (χ3n) is 3.74. The van der Waals surface area contributed by atoms with Gasteiger partial charge in [0.25, 0.3) is 0 Å². The van der Waals surface area contributed by atoms with Crippen molar-refractivity contribution < 1.29 is 4.74 Å². The Morgan fingerprint density at radius 3 is 2.35 bits per heavy atom. The maximum absolute atomic E-state index is 5.24. The quantitative estimate of drug-likeness (QED) is 0.863. The topological polar surface area (TPSA) is 21.3 Å². The first kappa shape index (κ1) is 15.9. The second kappa shape index (κ2) is 6.97. The molecule has 1 fully saturated rings. The van der Waals surface area contributed by atoms with Crippen molar-refractivity contribution in [2.75, 3.05) is 25.5 Å². The molecule has 0 aliphatic carbocycles. The van der Waals surface area contributed by atoms with Gasteiger partial charge in [-0.05, 0) is 23.1 Å². The Morgan fingerprint density at radius 1 is 1.25 bits per heavy atom. The lowest BCUT2D eigenvalue weighted by Gasteiger charge is -2.28. The van der Waals surface area contributed by atoms with Crippen LogP contribution in [0.3, 0.4) is 0 Å². The minimum Gasteiger partial charge on any atom is -0.379 e. The maximum atomic E-state index is 5.24. The third-order valence-corrected chi connectivity index (χ3v) is 5.01. The standard InChI is InChI=1S/C17H27NOS/c1-5-18-16(12-20-15-10-19-11-15)13-6-8-14(9-7-13)17(2,3)4/h6-9,15-16,18H,5,10-12H2,1-4H3. The van der Waals surface area contributed by atoms with Crippen LogP contribution < -0.4 is 5.32 Å². The molecule has 1 heterocycles. The number of ether oxygens (including phenoxy) is 1. The summed E-state index contributed by atoms with van der Waals surface area (Å²) in [6, 6.07) is 9.56. The highest BCUT2D eigenvalue weighted by molar-refractivity contribution is 8.00. The van der Waals surface area contributed by atoms with Crippen molar-refractivity contribution in [3.05, 3.63) is 35.4 Å². The van der Waals surface area contributed by atoms with Crippen LogP contribution in [0.25, 0.3) is 0 Å². The van der Waals surface area contributed by atoms with E-state index < -0.39 is 0 Å². The molecule has 0 radical (unpaired) electrons. The van der Waals surface area contributed by atoms with Gasteiger partial charge in [-0.1, -0.05) is 52.0 Å². The van der Waals surface area contributed by atoms with Gasteiger partial charge in [-0.25, -0.2) is 0 Å². The van der Waals surface area contributed by atoms with Crippen LogP contribution >= 0.6 is 11.8 Å². The van der Waals surface area contributed by atoms with Crippen molar-refractivity contribution in [2.45, 2.75) is 44.4 Å². The van der Waals surface area contributed by atoms with Crippen molar-refractivity contribution in [3.8, 4) is 0 Å². The van der Waals surface area contributed by atoms with Crippen LogP contribution in [0, 0.1) is 0 Å². The van der Waals surface area contributed by atoms with Crippen LogP contribution in [0.5, 0.6) is 0 Å². The zero-order valence-electron chi connectivity index (χ0n) is 13.1. The minimum atomic E-state index is 0.226. The molecule has 0 aromatic heterocycles.